The Labute approximate surface area is 191 Å². The normalized spacial score (nSPS) is 19.3. The van der Waals surface area contributed by atoms with Crippen LogP contribution in [-0.2, 0) is 22.4 Å². The number of likely N-dealkylation sites (N-methyl/N-ethyl adjacent to an activating group) is 1. The lowest BCUT2D eigenvalue weighted by Crippen LogP contribution is -2.41. The number of nitrogens with zero attached hydrogens (tertiary/aromatic N) is 3. The molecule has 1 aromatic carbocycles. The molecule has 2 aliphatic rings. The second-order valence-corrected chi connectivity index (χ2v) is 9.35. The van der Waals surface area contributed by atoms with Crippen LogP contribution in [0.4, 0.5) is 4.79 Å². The minimum atomic E-state index is -1.09. The van der Waals surface area contributed by atoms with Gasteiger partial charge in [-0.3, -0.25) is 14.5 Å². The summed E-state index contributed by atoms with van der Waals surface area (Å²) in [5.74, 6) is -1.39. The number of oxime groups is 1. The number of hydrogen-bond donors (Lipinski definition) is 2. The standard InChI is InChI=1S/C24H29N3O6/c1-24(2)22(30)27(23(31)26(24)3)11-10-15(21(28)29)12-18(25-32)14-8-9-17-16-6-4-5-7-19(16)33-20(17)13-14/h8-9,13,15,32H,4-7,10-12H2,1-3H3,(H,28,29). The average molecular weight is 456 g/mol. The largest absolute Gasteiger partial charge is 0.481 e. The third-order valence-corrected chi connectivity index (χ3v) is 7.03. The SMILES string of the molecule is CN1C(=O)N(CCC(CC(=NO)c2ccc3c4c(oc3c2)CCCC4)C(=O)O)C(=O)C1(C)C. The third-order valence-electron chi connectivity index (χ3n) is 7.03. The number of carbonyl (C=O) groups is 3. The Balaban J connectivity index is 1.50. The van der Waals surface area contributed by atoms with E-state index >= 15 is 0 Å². The van der Waals surface area contributed by atoms with E-state index in [4.69, 9.17) is 4.42 Å². The Kier molecular flexibility index (Phi) is 5.90. The second kappa shape index (κ2) is 8.53. The van der Waals surface area contributed by atoms with Crippen molar-refractivity contribution in [3.05, 3.63) is 35.1 Å². The van der Waals surface area contributed by atoms with Gasteiger partial charge in [0.05, 0.1) is 11.6 Å². The van der Waals surface area contributed by atoms with Crippen molar-refractivity contribution in [2.75, 3.05) is 13.6 Å². The van der Waals surface area contributed by atoms with E-state index in [-0.39, 0.29) is 31.0 Å². The summed E-state index contributed by atoms with van der Waals surface area (Å²) in [6.45, 7) is 3.28. The summed E-state index contributed by atoms with van der Waals surface area (Å²) >= 11 is 0. The molecule has 4 rings (SSSR count). The van der Waals surface area contributed by atoms with Gasteiger partial charge < -0.3 is 19.6 Å². The highest BCUT2D eigenvalue weighted by atomic mass is 16.4. The van der Waals surface area contributed by atoms with Crippen LogP contribution in [0.5, 0.6) is 0 Å². The molecule has 1 saturated heterocycles. The zero-order valence-electron chi connectivity index (χ0n) is 19.1. The fourth-order valence-corrected chi connectivity index (χ4v) is 4.67. The van der Waals surface area contributed by atoms with E-state index in [2.05, 4.69) is 5.16 Å². The number of aryl methyl sites for hydroxylation is 2. The summed E-state index contributed by atoms with van der Waals surface area (Å²) in [5.41, 5.74) is 1.75. The Morgan fingerprint density at radius 1 is 1.24 bits per heavy atom. The highest BCUT2D eigenvalue weighted by molar-refractivity contribution is 6.06. The maximum Gasteiger partial charge on any atom is 0.327 e. The van der Waals surface area contributed by atoms with Gasteiger partial charge in [-0.15, -0.1) is 0 Å². The zero-order chi connectivity index (χ0) is 23.9. The molecule has 1 aromatic heterocycles. The number of urea groups is 1. The van der Waals surface area contributed by atoms with Crippen LogP contribution in [0, 0.1) is 5.92 Å². The molecule has 0 spiro atoms. The van der Waals surface area contributed by atoms with Gasteiger partial charge >= 0.3 is 12.0 Å². The lowest BCUT2D eigenvalue weighted by molar-refractivity contribution is -0.142. The molecule has 2 N–H and O–H groups in total. The topological polar surface area (TPSA) is 124 Å². The van der Waals surface area contributed by atoms with Crippen LogP contribution in [0.25, 0.3) is 11.0 Å². The van der Waals surface area contributed by atoms with E-state index in [0.717, 1.165) is 41.7 Å². The molecule has 176 valence electrons. The predicted octanol–water partition coefficient (Wildman–Crippen LogP) is 3.64. The highest BCUT2D eigenvalue weighted by Crippen LogP contribution is 2.33. The number of carboxylic acid groups (broad SMARTS) is 1. The fourth-order valence-electron chi connectivity index (χ4n) is 4.67. The van der Waals surface area contributed by atoms with Crippen molar-refractivity contribution in [1.82, 2.24) is 9.80 Å². The van der Waals surface area contributed by atoms with Crippen molar-refractivity contribution < 1.29 is 29.1 Å². The van der Waals surface area contributed by atoms with Crippen molar-refractivity contribution in [1.29, 1.82) is 0 Å². The number of imide groups is 1. The minimum Gasteiger partial charge on any atom is -0.481 e. The van der Waals surface area contributed by atoms with Crippen LogP contribution in [0.15, 0.2) is 27.8 Å². The number of carbonyl (C=O) groups excluding carboxylic acids is 2. The van der Waals surface area contributed by atoms with Gasteiger partial charge in [0.1, 0.15) is 16.9 Å². The zero-order valence-corrected chi connectivity index (χ0v) is 19.1. The van der Waals surface area contributed by atoms with Crippen LogP contribution in [-0.4, -0.2) is 62.9 Å². The maximum atomic E-state index is 12.6. The molecule has 2 heterocycles. The van der Waals surface area contributed by atoms with Crippen molar-refractivity contribution in [2.24, 2.45) is 11.1 Å². The molecule has 9 heteroatoms. The van der Waals surface area contributed by atoms with E-state index in [1.165, 1.54) is 10.5 Å². The minimum absolute atomic E-state index is 0.0228. The number of rotatable bonds is 7. The van der Waals surface area contributed by atoms with E-state index in [1.54, 1.807) is 27.0 Å². The number of carboxylic acids is 1. The van der Waals surface area contributed by atoms with E-state index in [1.807, 2.05) is 12.1 Å². The van der Waals surface area contributed by atoms with Gasteiger partial charge in [-0.25, -0.2) is 4.79 Å². The molecule has 2 aromatic rings. The highest BCUT2D eigenvalue weighted by Gasteiger charge is 2.49. The van der Waals surface area contributed by atoms with E-state index in [0.29, 0.717) is 11.1 Å². The second-order valence-electron chi connectivity index (χ2n) is 9.35. The number of hydrogen-bond acceptors (Lipinski definition) is 6. The molecule has 1 aliphatic heterocycles. The molecule has 0 saturated carbocycles. The van der Waals surface area contributed by atoms with Crippen LogP contribution >= 0.6 is 0 Å². The van der Waals surface area contributed by atoms with Crippen LogP contribution in [0.2, 0.25) is 0 Å². The summed E-state index contributed by atoms with van der Waals surface area (Å²) in [6, 6.07) is 5.08. The van der Waals surface area contributed by atoms with Gasteiger partial charge in [0.2, 0.25) is 0 Å². The monoisotopic (exact) mass is 455 g/mol. The summed E-state index contributed by atoms with van der Waals surface area (Å²) in [5, 5.41) is 23.8. The summed E-state index contributed by atoms with van der Waals surface area (Å²) in [4.78, 5) is 39.4. The molecule has 9 nitrogen and oxygen atoms in total. The predicted molar refractivity (Wildman–Crippen MR) is 120 cm³/mol. The number of amides is 3. The molecule has 1 unspecified atom stereocenters. The molecule has 3 amide bonds. The number of furan rings is 1. The quantitative estimate of drug-likeness (QED) is 0.284. The van der Waals surface area contributed by atoms with Crippen molar-refractivity contribution in [3.63, 3.8) is 0 Å². The van der Waals surface area contributed by atoms with Crippen molar-refractivity contribution in [3.8, 4) is 0 Å². The number of fused-ring (bicyclic) bond motifs is 3. The molecular weight excluding hydrogens is 426 g/mol. The smallest absolute Gasteiger partial charge is 0.327 e. The molecular formula is C24H29N3O6. The van der Waals surface area contributed by atoms with Gasteiger partial charge in [0, 0.05) is 42.9 Å². The maximum absolute atomic E-state index is 12.6. The van der Waals surface area contributed by atoms with Gasteiger partial charge in [-0.2, -0.15) is 0 Å². The van der Waals surface area contributed by atoms with E-state index in [9.17, 15) is 24.7 Å². The van der Waals surface area contributed by atoms with Gasteiger partial charge in [0.25, 0.3) is 5.91 Å². The average Bonchev–Trinajstić information content (AvgIpc) is 3.23. The molecule has 1 atom stereocenters. The molecule has 1 fully saturated rings. The third kappa shape index (κ3) is 3.96. The van der Waals surface area contributed by atoms with Crippen LogP contribution in [0.3, 0.4) is 0 Å². The van der Waals surface area contributed by atoms with Crippen LogP contribution in [0.1, 0.15) is 56.4 Å². The molecule has 1 aliphatic carbocycles. The van der Waals surface area contributed by atoms with Gasteiger partial charge in [-0.05, 0) is 45.6 Å². The number of aliphatic carboxylic acids is 1. The Morgan fingerprint density at radius 3 is 2.61 bits per heavy atom. The van der Waals surface area contributed by atoms with Gasteiger partial charge in [0.15, 0.2) is 0 Å². The molecule has 33 heavy (non-hydrogen) atoms. The first kappa shape index (κ1) is 22.8. The first-order valence-corrected chi connectivity index (χ1v) is 11.2. The summed E-state index contributed by atoms with van der Waals surface area (Å²) in [6.07, 6.45) is 4.10. The fraction of sp³-hybridized carbons (Fsp3) is 0.500. The van der Waals surface area contributed by atoms with Crippen molar-refractivity contribution >= 4 is 34.6 Å². The van der Waals surface area contributed by atoms with Crippen LogP contribution < -0.4 is 0 Å². The lowest BCUT2D eigenvalue weighted by atomic mass is 9.93. The first-order valence-electron chi connectivity index (χ1n) is 11.2. The number of benzene rings is 1. The Bertz CT molecular complexity index is 1150. The molecule has 0 radical (unpaired) electrons. The Hall–Kier alpha value is -3.36. The Morgan fingerprint density at radius 2 is 1.97 bits per heavy atom. The summed E-state index contributed by atoms with van der Waals surface area (Å²) in [7, 11) is 1.55. The summed E-state index contributed by atoms with van der Waals surface area (Å²) < 4.78 is 6.01. The van der Waals surface area contributed by atoms with Gasteiger partial charge in [-0.1, -0.05) is 17.3 Å². The first-order chi connectivity index (χ1) is 15.6. The molecule has 0 bridgehead atoms. The van der Waals surface area contributed by atoms with E-state index < -0.39 is 23.5 Å². The van der Waals surface area contributed by atoms with Crippen molar-refractivity contribution in [2.45, 2.75) is 57.9 Å². The lowest BCUT2D eigenvalue weighted by Gasteiger charge is -2.22.